The van der Waals surface area contributed by atoms with Gasteiger partial charge in [0.2, 0.25) is 0 Å². The molecule has 3 aromatic carbocycles. The Morgan fingerprint density at radius 1 is 0.927 bits per heavy atom. The summed E-state index contributed by atoms with van der Waals surface area (Å²) in [7, 11) is 0. The second-order valence-corrected chi connectivity index (χ2v) is 11.3. The highest BCUT2D eigenvalue weighted by molar-refractivity contribution is 9.10. The number of nitrogens with one attached hydrogen (secondary N) is 1. The van der Waals surface area contributed by atoms with E-state index in [1.807, 2.05) is 42.5 Å². The Morgan fingerprint density at radius 3 is 2.20 bits per heavy atom. The molecule has 0 amide bonds. The third-order valence-corrected chi connectivity index (χ3v) is 7.66. The normalized spacial score (nSPS) is 12.8. The first-order valence-corrected chi connectivity index (χ1v) is 15.2. The van der Waals surface area contributed by atoms with E-state index in [2.05, 4.69) is 26.1 Å². The number of ether oxygens (including phenoxy) is 2. The minimum Gasteiger partial charge on any atom is -0.466 e. The number of carbonyl (C=O) groups excluding carboxylic acids is 2. The van der Waals surface area contributed by atoms with Crippen LogP contribution in [0.1, 0.15) is 54.9 Å². The van der Waals surface area contributed by atoms with Crippen molar-refractivity contribution in [1.82, 2.24) is 4.90 Å². The molecule has 0 radical (unpaired) electrons. The number of esters is 2. The molecule has 1 heterocycles. The molecular formula is C31H36BrCl2N3O4. The van der Waals surface area contributed by atoms with Crippen LogP contribution in [0, 0.1) is 0 Å². The number of halogens is 3. The van der Waals surface area contributed by atoms with E-state index in [1.165, 1.54) is 19.8 Å². The molecule has 220 valence electrons. The van der Waals surface area contributed by atoms with Crippen LogP contribution in [0.2, 0.25) is 10.0 Å². The van der Waals surface area contributed by atoms with Crippen molar-refractivity contribution in [3.05, 3.63) is 86.3 Å². The van der Waals surface area contributed by atoms with Gasteiger partial charge in [0, 0.05) is 23.6 Å². The first-order chi connectivity index (χ1) is 19.7. The summed E-state index contributed by atoms with van der Waals surface area (Å²) in [4.78, 5) is 25.3. The maximum absolute atomic E-state index is 12.3. The molecule has 4 rings (SSSR count). The minimum absolute atomic E-state index is 0.268. The number of anilines is 3. The molecule has 0 spiro atoms. The Kier molecular flexibility index (Phi) is 13.8. The third-order valence-electron chi connectivity index (χ3n) is 6.38. The molecule has 1 fully saturated rings. The summed E-state index contributed by atoms with van der Waals surface area (Å²) < 4.78 is 10.9. The summed E-state index contributed by atoms with van der Waals surface area (Å²) in [6.07, 6.45) is 4.76. The van der Waals surface area contributed by atoms with E-state index in [-0.39, 0.29) is 11.9 Å². The van der Waals surface area contributed by atoms with E-state index >= 15 is 0 Å². The van der Waals surface area contributed by atoms with Gasteiger partial charge < -0.3 is 20.5 Å². The van der Waals surface area contributed by atoms with Crippen molar-refractivity contribution in [2.75, 3.05) is 37.4 Å². The van der Waals surface area contributed by atoms with Gasteiger partial charge in [0.1, 0.15) is 0 Å². The van der Waals surface area contributed by atoms with Crippen LogP contribution in [0.15, 0.2) is 65.1 Å². The second-order valence-electron chi connectivity index (χ2n) is 9.64. The van der Waals surface area contributed by atoms with E-state index in [0.29, 0.717) is 34.5 Å². The lowest BCUT2D eigenvalue weighted by molar-refractivity contribution is -0.141. The van der Waals surface area contributed by atoms with Gasteiger partial charge in [-0.25, -0.2) is 4.79 Å². The van der Waals surface area contributed by atoms with Gasteiger partial charge in [-0.1, -0.05) is 47.5 Å². The van der Waals surface area contributed by atoms with Crippen LogP contribution in [0.5, 0.6) is 0 Å². The van der Waals surface area contributed by atoms with Gasteiger partial charge in [-0.3, -0.25) is 9.69 Å². The Balaban J connectivity index is 0.000000260. The van der Waals surface area contributed by atoms with Gasteiger partial charge in [0.15, 0.2) is 0 Å². The summed E-state index contributed by atoms with van der Waals surface area (Å²) in [6, 6.07) is 18.8. The highest BCUT2D eigenvalue weighted by Gasteiger charge is 2.17. The van der Waals surface area contributed by atoms with Crippen LogP contribution in [0.3, 0.4) is 0 Å². The zero-order chi connectivity index (χ0) is 29.6. The number of carbonyl (C=O) groups is 2. The molecule has 10 heteroatoms. The molecule has 0 atom stereocenters. The molecule has 0 aliphatic carbocycles. The second kappa shape index (κ2) is 17.2. The number of nitrogens with zero attached hydrogens (tertiary/aromatic N) is 1. The number of para-hydroxylation sites is 2. The van der Waals surface area contributed by atoms with Gasteiger partial charge in [-0.2, -0.15) is 0 Å². The lowest BCUT2D eigenvalue weighted by atomic mass is 10.1. The molecule has 3 N–H and O–H groups in total. The fraction of sp³-hybridized carbons (Fsp3) is 0.355. The fourth-order valence-corrected chi connectivity index (χ4v) is 5.23. The molecule has 0 unspecified atom stereocenters. The Labute approximate surface area is 260 Å². The first-order valence-electron chi connectivity index (χ1n) is 13.6. The zero-order valence-electron chi connectivity index (χ0n) is 23.1. The summed E-state index contributed by atoms with van der Waals surface area (Å²) in [6.45, 7) is 5.04. The molecule has 1 aliphatic rings. The van der Waals surface area contributed by atoms with Crippen molar-refractivity contribution >= 4 is 68.1 Å². The van der Waals surface area contributed by atoms with Crippen LogP contribution in [0.4, 0.5) is 17.1 Å². The first kappa shape index (κ1) is 32.7. The average Bonchev–Trinajstić information content (AvgIpc) is 3.46. The van der Waals surface area contributed by atoms with Crippen molar-refractivity contribution < 1.29 is 19.1 Å². The summed E-state index contributed by atoms with van der Waals surface area (Å²) in [5.74, 6) is -0.608. The van der Waals surface area contributed by atoms with Crippen molar-refractivity contribution in [3.63, 3.8) is 0 Å². The summed E-state index contributed by atoms with van der Waals surface area (Å²) >= 11 is 15.5. The molecule has 41 heavy (non-hydrogen) atoms. The van der Waals surface area contributed by atoms with Crippen LogP contribution in [-0.4, -0.2) is 43.1 Å². The predicted molar refractivity (Wildman–Crippen MR) is 170 cm³/mol. The highest BCUT2D eigenvalue weighted by Crippen LogP contribution is 2.32. The van der Waals surface area contributed by atoms with E-state index in [9.17, 15) is 9.59 Å². The summed E-state index contributed by atoms with van der Waals surface area (Å²) in [5, 5.41) is 4.41. The van der Waals surface area contributed by atoms with E-state index in [1.54, 1.807) is 18.2 Å². The van der Waals surface area contributed by atoms with Gasteiger partial charge in [0.25, 0.3) is 0 Å². The van der Waals surface area contributed by atoms with Crippen molar-refractivity contribution in [2.24, 2.45) is 0 Å². The SMILES string of the molecule is CC(=O)OCCCCCOC(=O)c1cc(Br)c(N)c(CN2CCCC2)c1.Clc1cccc(Cl)c1Nc1ccccc1. The standard InChI is InChI=1S/C19H27BrN2O4.C12H9Cl2N/c1-14(23)25-9-5-2-6-10-26-19(24)15-11-16(18(21)17(20)12-15)13-22-7-3-4-8-22;13-10-7-4-8-11(14)12(10)15-9-5-2-1-3-6-9/h11-12H,2-10,13,21H2,1H3;1-8,15H. The zero-order valence-corrected chi connectivity index (χ0v) is 26.2. The number of nitrogens with two attached hydrogens (primary N) is 1. The summed E-state index contributed by atoms with van der Waals surface area (Å²) in [5.41, 5.74) is 10.0. The Morgan fingerprint density at radius 2 is 1.56 bits per heavy atom. The van der Waals surface area contributed by atoms with Crippen LogP contribution < -0.4 is 11.1 Å². The van der Waals surface area contributed by atoms with Gasteiger partial charge in [0.05, 0.1) is 40.2 Å². The lowest BCUT2D eigenvalue weighted by Crippen LogP contribution is -2.20. The fourth-order valence-electron chi connectivity index (χ4n) is 4.23. The Bertz CT molecular complexity index is 1270. The number of rotatable bonds is 11. The molecule has 0 saturated carbocycles. The minimum atomic E-state index is -0.339. The van der Waals surface area contributed by atoms with Gasteiger partial charge in [-0.05, 0) is 103 Å². The monoisotopic (exact) mass is 663 g/mol. The number of likely N-dealkylation sites (tertiary alicyclic amines) is 1. The van der Waals surface area contributed by atoms with Crippen LogP contribution >= 0.6 is 39.1 Å². The van der Waals surface area contributed by atoms with E-state index in [4.69, 9.17) is 38.4 Å². The average molecular weight is 665 g/mol. The number of benzene rings is 3. The number of unbranched alkanes of at least 4 members (excludes halogenated alkanes) is 2. The number of nitrogen functional groups attached to an aromatic ring is 1. The molecule has 3 aromatic rings. The molecular weight excluding hydrogens is 629 g/mol. The van der Waals surface area contributed by atoms with Crippen molar-refractivity contribution in [2.45, 2.75) is 45.6 Å². The third kappa shape index (κ3) is 11.2. The molecule has 1 aliphatic heterocycles. The molecule has 1 saturated heterocycles. The van der Waals surface area contributed by atoms with E-state index < -0.39 is 0 Å². The van der Waals surface area contributed by atoms with Gasteiger partial charge in [-0.15, -0.1) is 0 Å². The Hall–Kier alpha value is -2.78. The van der Waals surface area contributed by atoms with Crippen LogP contribution in [-0.2, 0) is 20.8 Å². The van der Waals surface area contributed by atoms with Crippen molar-refractivity contribution in [1.29, 1.82) is 0 Å². The maximum Gasteiger partial charge on any atom is 0.338 e. The number of hydrogen-bond donors (Lipinski definition) is 2. The highest BCUT2D eigenvalue weighted by atomic mass is 79.9. The van der Waals surface area contributed by atoms with E-state index in [0.717, 1.165) is 60.3 Å². The molecule has 0 bridgehead atoms. The van der Waals surface area contributed by atoms with Crippen LogP contribution in [0.25, 0.3) is 0 Å². The maximum atomic E-state index is 12.3. The molecule has 7 nitrogen and oxygen atoms in total. The van der Waals surface area contributed by atoms with Gasteiger partial charge >= 0.3 is 11.9 Å². The van der Waals surface area contributed by atoms with Crippen molar-refractivity contribution in [3.8, 4) is 0 Å². The largest absolute Gasteiger partial charge is 0.466 e. The smallest absolute Gasteiger partial charge is 0.338 e. The topological polar surface area (TPSA) is 93.9 Å². The lowest BCUT2D eigenvalue weighted by Gasteiger charge is -2.17. The quantitative estimate of drug-likeness (QED) is 0.121. The molecule has 0 aromatic heterocycles. The number of hydrogen-bond acceptors (Lipinski definition) is 7. The predicted octanol–water partition coefficient (Wildman–Crippen LogP) is 8.25.